The van der Waals surface area contributed by atoms with Gasteiger partial charge in [0.25, 0.3) is 0 Å². The average Bonchev–Trinajstić information content (AvgIpc) is 3.17. The molecule has 2 aromatic heterocycles. The topological polar surface area (TPSA) is 103 Å². The molecule has 0 bridgehead atoms. The van der Waals surface area contributed by atoms with E-state index in [4.69, 9.17) is 0 Å². The van der Waals surface area contributed by atoms with Crippen molar-refractivity contribution in [1.82, 2.24) is 30.5 Å². The van der Waals surface area contributed by atoms with E-state index in [1.807, 2.05) is 6.07 Å². The Hall–Kier alpha value is -3.14. The first-order valence-electron chi connectivity index (χ1n) is 9.52. The highest BCUT2D eigenvalue weighted by molar-refractivity contribution is 5.49. The van der Waals surface area contributed by atoms with Gasteiger partial charge in [-0.2, -0.15) is 10.1 Å². The predicted octanol–water partition coefficient (Wildman–Crippen LogP) is 3.26. The third-order valence-corrected chi connectivity index (χ3v) is 4.96. The van der Waals surface area contributed by atoms with Gasteiger partial charge in [0, 0.05) is 29.3 Å². The summed E-state index contributed by atoms with van der Waals surface area (Å²) in [5, 5.41) is 16.8. The van der Waals surface area contributed by atoms with Crippen LogP contribution in [0.3, 0.4) is 0 Å². The lowest BCUT2D eigenvalue weighted by atomic mass is 9.95. The molecule has 3 aromatic rings. The number of hydrogen-bond acceptors (Lipinski definition) is 7. The second-order valence-corrected chi connectivity index (χ2v) is 7.02. The first-order valence-corrected chi connectivity index (χ1v) is 9.52. The molecular formula is C19H22F2N8. The van der Waals surface area contributed by atoms with Crippen LogP contribution in [-0.4, -0.2) is 38.2 Å². The van der Waals surface area contributed by atoms with Gasteiger partial charge in [-0.05, 0) is 38.9 Å². The number of nitrogens with one attached hydrogen (secondary N) is 4. The molecule has 8 nitrogen and oxygen atoms in total. The Morgan fingerprint density at radius 2 is 1.90 bits per heavy atom. The Labute approximate surface area is 166 Å². The summed E-state index contributed by atoms with van der Waals surface area (Å²) in [6.07, 6.45) is 3.49. The predicted molar refractivity (Wildman–Crippen MR) is 105 cm³/mol. The van der Waals surface area contributed by atoms with Crippen LogP contribution >= 0.6 is 0 Å². The molecule has 4 N–H and O–H groups in total. The van der Waals surface area contributed by atoms with E-state index in [-0.39, 0.29) is 5.95 Å². The second-order valence-electron chi connectivity index (χ2n) is 7.02. The van der Waals surface area contributed by atoms with Crippen molar-refractivity contribution in [3.05, 3.63) is 53.5 Å². The van der Waals surface area contributed by atoms with Gasteiger partial charge in [0.1, 0.15) is 18.0 Å². The van der Waals surface area contributed by atoms with E-state index in [0.29, 0.717) is 23.2 Å². The Balaban J connectivity index is 1.43. The molecule has 1 aromatic carbocycles. The Kier molecular flexibility index (Phi) is 5.61. The second kappa shape index (κ2) is 8.48. The number of aromatic amines is 1. The summed E-state index contributed by atoms with van der Waals surface area (Å²) in [7, 11) is 0. The van der Waals surface area contributed by atoms with Gasteiger partial charge < -0.3 is 16.0 Å². The molecule has 0 aliphatic carbocycles. The largest absolute Gasteiger partial charge is 0.347 e. The van der Waals surface area contributed by atoms with Crippen LogP contribution < -0.4 is 16.0 Å². The maximum Gasteiger partial charge on any atom is 0.233 e. The van der Waals surface area contributed by atoms with Gasteiger partial charge in [-0.1, -0.05) is 6.07 Å². The van der Waals surface area contributed by atoms with Crippen molar-refractivity contribution in [3.8, 4) is 0 Å². The van der Waals surface area contributed by atoms with Crippen molar-refractivity contribution < 1.29 is 8.78 Å². The molecule has 1 atom stereocenters. The average molecular weight is 400 g/mol. The summed E-state index contributed by atoms with van der Waals surface area (Å²) in [5.41, 5.74) is 1.40. The zero-order valence-corrected chi connectivity index (χ0v) is 15.9. The highest BCUT2D eigenvalue weighted by Crippen LogP contribution is 2.26. The molecule has 0 radical (unpaired) electrons. The SMILES string of the molecule is CC(Nc1ncnc(Nc2cc(C3CCNCC3)[nH]n2)n1)c1ccc(F)cc1F. The third-order valence-electron chi connectivity index (χ3n) is 4.96. The minimum atomic E-state index is -0.626. The van der Waals surface area contributed by atoms with Crippen molar-refractivity contribution in [3.63, 3.8) is 0 Å². The molecule has 152 valence electrons. The van der Waals surface area contributed by atoms with Crippen LogP contribution in [0.4, 0.5) is 26.5 Å². The van der Waals surface area contributed by atoms with Crippen LogP contribution in [0.5, 0.6) is 0 Å². The van der Waals surface area contributed by atoms with Crippen LogP contribution in [0, 0.1) is 11.6 Å². The van der Waals surface area contributed by atoms with Crippen molar-refractivity contribution in [1.29, 1.82) is 0 Å². The number of rotatable bonds is 6. The number of piperidine rings is 1. The molecule has 0 amide bonds. The third kappa shape index (κ3) is 4.65. The first kappa shape index (κ1) is 19.2. The molecule has 4 rings (SSSR count). The quantitative estimate of drug-likeness (QED) is 0.504. The summed E-state index contributed by atoms with van der Waals surface area (Å²) >= 11 is 0. The molecule has 1 aliphatic heterocycles. The van der Waals surface area contributed by atoms with Crippen molar-refractivity contribution >= 4 is 17.7 Å². The van der Waals surface area contributed by atoms with Crippen molar-refractivity contribution in [2.24, 2.45) is 0 Å². The van der Waals surface area contributed by atoms with Crippen LogP contribution in [0.1, 0.15) is 43.0 Å². The number of nitrogens with zero attached hydrogens (tertiary/aromatic N) is 4. The van der Waals surface area contributed by atoms with Gasteiger partial charge in [0.2, 0.25) is 11.9 Å². The summed E-state index contributed by atoms with van der Waals surface area (Å²) in [6, 6.07) is 4.97. The molecular weight excluding hydrogens is 378 g/mol. The Bertz CT molecular complexity index is 970. The molecule has 3 heterocycles. The summed E-state index contributed by atoms with van der Waals surface area (Å²) in [4.78, 5) is 12.5. The number of aromatic nitrogens is 5. The van der Waals surface area contributed by atoms with Crippen LogP contribution in [-0.2, 0) is 0 Å². The molecule has 1 fully saturated rings. The number of anilines is 3. The molecule has 1 unspecified atom stereocenters. The number of halogens is 2. The van der Waals surface area contributed by atoms with E-state index in [1.54, 1.807) is 6.92 Å². The monoisotopic (exact) mass is 400 g/mol. The maximum atomic E-state index is 14.0. The van der Waals surface area contributed by atoms with Gasteiger partial charge in [-0.3, -0.25) is 5.10 Å². The highest BCUT2D eigenvalue weighted by Gasteiger charge is 2.18. The summed E-state index contributed by atoms with van der Waals surface area (Å²) < 4.78 is 27.1. The summed E-state index contributed by atoms with van der Waals surface area (Å²) in [5.74, 6) is 0.424. The lowest BCUT2D eigenvalue weighted by Crippen LogP contribution is -2.26. The Morgan fingerprint density at radius 1 is 1.10 bits per heavy atom. The standard InChI is InChI=1S/C19H22F2N8/c1-11(14-3-2-13(20)8-15(14)21)25-18-23-10-24-19(27-18)26-17-9-16(28-29-17)12-4-6-22-7-5-12/h2-3,8-12,22H,4-7H2,1H3,(H3,23,24,25,26,27,28,29). The molecule has 1 saturated heterocycles. The molecule has 0 spiro atoms. The smallest absolute Gasteiger partial charge is 0.233 e. The van der Waals surface area contributed by atoms with Gasteiger partial charge in [0.15, 0.2) is 5.82 Å². The zero-order valence-electron chi connectivity index (χ0n) is 15.9. The number of H-pyrrole nitrogens is 1. The molecule has 1 aliphatic rings. The van der Waals surface area contributed by atoms with Crippen molar-refractivity contribution in [2.75, 3.05) is 23.7 Å². The lowest BCUT2D eigenvalue weighted by Gasteiger charge is -2.20. The van der Waals surface area contributed by atoms with E-state index in [0.717, 1.165) is 37.7 Å². The fraction of sp³-hybridized carbons (Fsp3) is 0.368. The highest BCUT2D eigenvalue weighted by atomic mass is 19.1. The van der Waals surface area contributed by atoms with E-state index < -0.39 is 17.7 Å². The van der Waals surface area contributed by atoms with Gasteiger partial charge in [0.05, 0.1) is 6.04 Å². The van der Waals surface area contributed by atoms with Gasteiger partial charge in [-0.15, -0.1) is 0 Å². The van der Waals surface area contributed by atoms with Gasteiger partial charge >= 0.3 is 0 Å². The van der Waals surface area contributed by atoms with E-state index >= 15 is 0 Å². The zero-order chi connectivity index (χ0) is 20.2. The van der Waals surface area contributed by atoms with Crippen LogP contribution in [0.2, 0.25) is 0 Å². The summed E-state index contributed by atoms with van der Waals surface area (Å²) in [6.45, 7) is 3.75. The van der Waals surface area contributed by atoms with E-state index in [9.17, 15) is 8.78 Å². The fourth-order valence-corrected chi connectivity index (χ4v) is 3.41. The fourth-order valence-electron chi connectivity index (χ4n) is 3.41. The normalized spacial score (nSPS) is 15.8. The first-order chi connectivity index (χ1) is 14.1. The van der Waals surface area contributed by atoms with Crippen LogP contribution in [0.15, 0.2) is 30.6 Å². The van der Waals surface area contributed by atoms with E-state index in [1.165, 1.54) is 18.5 Å². The van der Waals surface area contributed by atoms with Crippen molar-refractivity contribution in [2.45, 2.75) is 31.7 Å². The molecule has 10 heteroatoms. The molecule has 29 heavy (non-hydrogen) atoms. The van der Waals surface area contributed by atoms with Gasteiger partial charge in [-0.25, -0.2) is 18.7 Å². The Morgan fingerprint density at radius 3 is 2.69 bits per heavy atom. The minimum absolute atomic E-state index is 0.271. The number of hydrogen-bond donors (Lipinski definition) is 4. The maximum absolute atomic E-state index is 14.0. The van der Waals surface area contributed by atoms with E-state index in [2.05, 4.69) is 41.1 Å². The lowest BCUT2D eigenvalue weighted by molar-refractivity contribution is 0.453. The molecule has 0 saturated carbocycles. The minimum Gasteiger partial charge on any atom is -0.347 e. The number of benzene rings is 1. The van der Waals surface area contributed by atoms with Crippen LogP contribution in [0.25, 0.3) is 0 Å².